The predicted molar refractivity (Wildman–Crippen MR) is 52.6 cm³/mol. The Morgan fingerprint density at radius 3 is 0.579 bits per heavy atom. The molecule has 0 heterocycles. The van der Waals surface area contributed by atoms with Crippen LogP contribution < -0.4 is 0 Å². The van der Waals surface area contributed by atoms with Crippen LogP contribution in [0.2, 0.25) is 0 Å². The molecule has 0 N–H and O–H groups in total. The van der Waals surface area contributed by atoms with E-state index < -0.39 is 34.9 Å². The van der Waals surface area contributed by atoms with Gasteiger partial charge in [-0.2, -0.15) is 0 Å². The molecule has 0 saturated heterocycles. The van der Waals surface area contributed by atoms with Crippen molar-refractivity contribution in [2.45, 2.75) is 0 Å². The van der Waals surface area contributed by atoms with Crippen LogP contribution in [-0.2, 0) is 21.7 Å². The van der Waals surface area contributed by atoms with E-state index in [2.05, 4.69) is 0 Å². The Morgan fingerprint density at radius 1 is 0.368 bits per heavy atom. The molecule has 2 aromatic rings. The molecule has 0 saturated carbocycles. The first-order valence-corrected chi connectivity index (χ1v) is 4.60. The summed E-state index contributed by atoms with van der Waals surface area (Å²) in [5.41, 5.74) is 0. The maximum absolute atomic E-state index is 11.9. The van der Waals surface area contributed by atoms with Gasteiger partial charge in [0.05, 0.1) is 0 Å². The van der Waals surface area contributed by atoms with E-state index in [1.807, 2.05) is 0 Å². The second-order valence-corrected chi connectivity index (χ2v) is 3.18. The minimum Gasteiger partial charge on any atom is -0.207 e. The summed E-state index contributed by atoms with van der Waals surface area (Å²) in [5.74, 6) is -5.38. The van der Waals surface area contributed by atoms with Crippen LogP contribution in [0.4, 0.5) is 26.3 Å². The molecule has 0 nitrogen and oxygen atoms in total. The summed E-state index contributed by atoms with van der Waals surface area (Å²) in [5, 5.41) is 0. The Bertz CT molecular complexity index is 393. The van der Waals surface area contributed by atoms with Crippen molar-refractivity contribution in [2.75, 3.05) is 0 Å². The molecule has 0 fully saturated rings. The molecule has 0 atom stereocenters. The summed E-state index contributed by atoms with van der Waals surface area (Å²) in [7, 11) is 0. The van der Waals surface area contributed by atoms with E-state index in [0.717, 1.165) is 0 Å². The first-order valence-electron chi connectivity index (χ1n) is 4.60. The van der Waals surface area contributed by atoms with E-state index in [4.69, 9.17) is 0 Å². The van der Waals surface area contributed by atoms with Crippen molar-refractivity contribution in [3.63, 3.8) is 0 Å². The van der Waals surface area contributed by atoms with Gasteiger partial charge in [-0.1, -0.05) is 0 Å². The normalized spacial score (nSPS) is 9.16. The van der Waals surface area contributed by atoms with Crippen molar-refractivity contribution in [2.24, 2.45) is 0 Å². The Hall–Kier alpha value is -1.27. The van der Waals surface area contributed by atoms with Gasteiger partial charge >= 0.3 is 0 Å². The Kier molecular flexibility index (Phi) is 7.48. The molecule has 0 aromatic heterocycles. The van der Waals surface area contributed by atoms with Crippen molar-refractivity contribution in [1.82, 2.24) is 0 Å². The van der Waals surface area contributed by atoms with Crippen molar-refractivity contribution < 1.29 is 48.1 Å². The van der Waals surface area contributed by atoms with E-state index in [-0.39, 0.29) is 21.7 Å². The summed E-state index contributed by atoms with van der Waals surface area (Å²) in [6, 6.07) is 3.69. The topological polar surface area (TPSA) is 0 Å². The number of halogens is 6. The van der Waals surface area contributed by atoms with Gasteiger partial charge in [-0.25, -0.2) is 26.3 Å². The molecule has 100 valence electrons. The van der Waals surface area contributed by atoms with Gasteiger partial charge in [-0.3, -0.25) is 0 Å². The van der Waals surface area contributed by atoms with E-state index in [9.17, 15) is 26.3 Å². The zero-order chi connectivity index (χ0) is 13.7. The third-order valence-corrected chi connectivity index (χ3v) is 1.65. The van der Waals surface area contributed by atoms with Crippen LogP contribution in [0.25, 0.3) is 0 Å². The van der Waals surface area contributed by atoms with Gasteiger partial charge in [0.25, 0.3) is 0 Å². The van der Waals surface area contributed by atoms with Gasteiger partial charge in [0, 0.05) is 58.1 Å². The average Bonchev–Trinajstić information content (AvgIpc) is 2.12. The molecule has 19 heavy (non-hydrogen) atoms. The fourth-order valence-corrected chi connectivity index (χ4v) is 1.04. The summed E-state index contributed by atoms with van der Waals surface area (Å²) in [6.07, 6.45) is 0. The molecule has 2 aromatic carbocycles. The minimum atomic E-state index is -0.896. The van der Waals surface area contributed by atoms with Crippen LogP contribution in [-0.4, -0.2) is 0 Å². The van der Waals surface area contributed by atoms with Crippen molar-refractivity contribution in [3.05, 3.63) is 71.3 Å². The number of hydrogen-bond acceptors (Lipinski definition) is 0. The van der Waals surface area contributed by atoms with Crippen molar-refractivity contribution in [3.8, 4) is 0 Å². The summed E-state index contributed by atoms with van der Waals surface area (Å²) < 4.78 is 71.7. The molecule has 0 aliphatic rings. The molecule has 0 amide bonds. The molecule has 7 heteroatoms. The summed E-state index contributed by atoms with van der Waals surface area (Å²) in [4.78, 5) is 0. The van der Waals surface area contributed by atoms with Crippen LogP contribution in [0.3, 0.4) is 0 Å². The predicted octanol–water partition coefficient (Wildman–Crippen LogP) is 4.21. The monoisotopic (exact) mass is 312 g/mol. The summed E-state index contributed by atoms with van der Waals surface area (Å²) in [6.45, 7) is 0. The number of benzene rings is 2. The second-order valence-electron chi connectivity index (χ2n) is 3.18. The molecular weight excluding hydrogens is 306 g/mol. The van der Waals surface area contributed by atoms with Gasteiger partial charge in [-0.15, -0.1) is 0 Å². The van der Waals surface area contributed by atoms with Crippen molar-refractivity contribution >= 4 is 0 Å². The minimum absolute atomic E-state index is 0. The quantitative estimate of drug-likeness (QED) is 0.505. The maximum atomic E-state index is 11.9. The van der Waals surface area contributed by atoms with E-state index >= 15 is 0 Å². The van der Waals surface area contributed by atoms with Crippen LogP contribution in [0.1, 0.15) is 0 Å². The zero-order valence-electron chi connectivity index (χ0n) is 9.23. The van der Waals surface area contributed by atoms with Gasteiger partial charge in [0.1, 0.15) is 34.9 Å². The third-order valence-electron chi connectivity index (χ3n) is 1.65. The maximum Gasteiger partial charge on any atom is 0.129 e. The molecule has 2 rings (SSSR count). The molecule has 0 radical (unpaired) electrons. The van der Waals surface area contributed by atoms with Crippen molar-refractivity contribution in [1.29, 1.82) is 0 Å². The average molecular weight is 312 g/mol. The summed E-state index contributed by atoms with van der Waals surface area (Å²) >= 11 is 0. The van der Waals surface area contributed by atoms with Crippen LogP contribution in [0.5, 0.6) is 0 Å². The van der Waals surface area contributed by atoms with E-state index in [1.165, 1.54) is 0 Å². The second kappa shape index (κ2) is 8.02. The van der Waals surface area contributed by atoms with Crippen LogP contribution in [0.15, 0.2) is 36.4 Å². The first-order chi connectivity index (χ1) is 8.36. The number of rotatable bonds is 0. The fraction of sp³-hybridized carbons (Fsp3) is 0. The Labute approximate surface area is 119 Å². The van der Waals surface area contributed by atoms with Crippen LogP contribution in [0, 0.1) is 34.9 Å². The fourth-order valence-electron chi connectivity index (χ4n) is 1.04. The molecule has 0 spiro atoms. The smallest absolute Gasteiger partial charge is 0.129 e. The number of hydrogen-bond donors (Lipinski definition) is 0. The van der Waals surface area contributed by atoms with Crippen LogP contribution >= 0.6 is 0 Å². The third kappa shape index (κ3) is 7.03. The largest absolute Gasteiger partial charge is 0.207 e. The van der Waals surface area contributed by atoms with Gasteiger partial charge in [0.15, 0.2) is 0 Å². The van der Waals surface area contributed by atoms with Gasteiger partial charge in [-0.05, 0) is 0 Å². The zero-order valence-corrected chi connectivity index (χ0v) is 10.8. The molecule has 0 aliphatic heterocycles. The molecular formula is C12H6F6Ti. The SMILES string of the molecule is Fc1cc(F)cc(F)c1.Fc1cc(F)cc(F)c1.[Ti]. The van der Waals surface area contributed by atoms with Gasteiger partial charge < -0.3 is 0 Å². The molecule has 0 bridgehead atoms. The van der Waals surface area contributed by atoms with E-state index in [1.54, 1.807) is 0 Å². The first kappa shape index (κ1) is 17.7. The Balaban J connectivity index is 0.000000324. The molecule has 0 unspecified atom stereocenters. The standard InChI is InChI=1S/2C6H3F3.Ti/c2*7-4-1-5(8)3-6(9)2-4;/h2*1-3H;. The van der Waals surface area contributed by atoms with E-state index in [0.29, 0.717) is 36.4 Å². The Morgan fingerprint density at radius 2 is 0.474 bits per heavy atom. The molecule has 0 aliphatic carbocycles. The van der Waals surface area contributed by atoms with Gasteiger partial charge in [0.2, 0.25) is 0 Å².